The zero-order chi connectivity index (χ0) is 15.3. The predicted molar refractivity (Wildman–Crippen MR) is 81.8 cm³/mol. The standard InChI is InChI=1S/C16H14N4O2/c1-16(2)15(21)19-12-6-5-10(8-14(12)22-16)11-9-18-20-13(11)4-3-7-17-20/h3-9H,1-2H3,(H,19,21). The summed E-state index contributed by atoms with van der Waals surface area (Å²) in [5.74, 6) is 0.512. The third-order valence-corrected chi connectivity index (χ3v) is 3.76. The molecule has 1 aromatic carbocycles. The minimum atomic E-state index is -0.881. The molecule has 0 radical (unpaired) electrons. The van der Waals surface area contributed by atoms with Gasteiger partial charge in [0.25, 0.3) is 5.91 Å². The molecule has 1 amide bonds. The van der Waals surface area contributed by atoms with Crippen LogP contribution in [0.2, 0.25) is 0 Å². The van der Waals surface area contributed by atoms with Gasteiger partial charge in [0.15, 0.2) is 5.60 Å². The number of aromatic nitrogens is 3. The fourth-order valence-corrected chi connectivity index (χ4v) is 2.53. The number of ether oxygens (including phenoxy) is 1. The Morgan fingerprint density at radius 3 is 2.95 bits per heavy atom. The maximum atomic E-state index is 11.9. The van der Waals surface area contributed by atoms with Gasteiger partial charge < -0.3 is 10.1 Å². The average molecular weight is 294 g/mol. The summed E-state index contributed by atoms with van der Waals surface area (Å²) in [5, 5.41) is 11.3. The fraction of sp³-hybridized carbons (Fsp3) is 0.188. The zero-order valence-electron chi connectivity index (χ0n) is 12.2. The number of amides is 1. The first-order valence-electron chi connectivity index (χ1n) is 6.98. The second-order valence-electron chi connectivity index (χ2n) is 5.73. The quantitative estimate of drug-likeness (QED) is 0.748. The van der Waals surface area contributed by atoms with Gasteiger partial charge in [0, 0.05) is 11.8 Å². The predicted octanol–water partition coefficient (Wildman–Crippen LogP) is 2.51. The van der Waals surface area contributed by atoms with E-state index in [9.17, 15) is 4.79 Å². The first kappa shape index (κ1) is 12.8. The van der Waals surface area contributed by atoms with E-state index < -0.39 is 5.60 Å². The van der Waals surface area contributed by atoms with E-state index in [1.165, 1.54) is 0 Å². The Bertz CT molecular complexity index is 898. The molecular weight excluding hydrogens is 280 g/mol. The summed E-state index contributed by atoms with van der Waals surface area (Å²) >= 11 is 0. The van der Waals surface area contributed by atoms with Gasteiger partial charge in [0.05, 0.1) is 17.4 Å². The number of benzene rings is 1. The number of carbonyl (C=O) groups is 1. The van der Waals surface area contributed by atoms with Crippen LogP contribution in [0.5, 0.6) is 5.75 Å². The van der Waals surface area contributed by atoms with E-state index >= 15 is 0 Å². The van der Waals surface area contributed by atoms with E-state index in [4.69, 9.17) is 4.74 Å². The van der Waals surface area contributed by atoms with Gasteiger partial charge in [-0.1, -0.05) is 6.07 Å². The maximum Gasteiger partial charge on any atom is 0.268 e. The summed E-state index contributed by atoms with van der Waals surface area (Å²) in [6.07, 6.45) is 3.47. The molecule has 1 aliphatic rings. The second-order valence-corrected chi connectivity index (χ2v) is 5.73. The van der Waals surface area contributed by atoms with Crippen molar-refractivity contribution in [1.82, 2.24) is 14.8 Å². The van der Waals surface area contributed by atoms with Gasteiger partial charge in [-0.3, -0.25) is 4.79 Å². The smallest absolute Gasteiger partial charge is 0.268 e. The number of hydrogen-bond acceptors (Lipinski definition) is 4. The lowest BCUT2D eigenvalue weighted by Gasteiger charge is -2.31. The van der Waals surface area contributed by atoms with Crippen molar-refractivity contribution in [3.8, 4) is 16.9 Å². The lowest BCUT2D eigenvalue weighted by Crippen LogP contribution is -2.45. The Balaban J connectivity index is 1.84. The summed E-state index contributed by atoms with van der Waals surface area (Å²) in [7, 11) is 0. The molecule has 0 aliphatic carbocycles. The minimum Gasteiger partial charge on any atom is -0.476 e. The second kappa shape index (κ2) is 4.30. The first-order valence-corrected chi connectivity index (χ1v) is 6.98. The van der Waals surface area contributed by atoms with Crippen molar-refractivity contribution in [3.05, 3.63) is 42.7 Å². The van der Waals surface area contributed by atoms with Gasteiger partial charge in [-0.05, 0) is 43.7 Å². The molecule has 110 valence electrons. The summed E-state index contributed by atoms with van der Waals surface area (Å²) in [5.41, 5.74) is 2.65. The summed E-state index contributed by atoms with van der Waals surface area (Å²) in [4.78, 5) is 11.9. The molecule has 3 aromatic rings. The monoisotopic (exact) mass is 294 g/mol. The Morgan fingerprint density at radius 2 is 2.09 bits per heavy atom. The molecule has 0 spiro atoms. The SMILES string of the molecule is CC1(C)Oc2cc(-c3cnn4ncccc34)ccc2NC1=O. The molecule has 0 fully saturated rings. The van der Waals surface area contributed by atoms with Crippen molar-refractivity contribution in [3.63, 3.8) is 0 Å². The van der Waals surface area contributed by atoms with Crippen LogP contribution in [0.25, 0.3) is 16.6 Å². The molecule has 1 N–H and O–H groups in total. The highest BCUT2D eigenvalue weighted by Crippen LogP contribution is 2.37. The molecule has 6 heteroatoms. The summed E-state index contributed by atoms with van der Waals surface area (Å²) in [6.45, 7) is 3.49. The van der Waals surface area contributed by atoms with Crippen LogP contribution in [0.15, 0.2) is 42.7 Å². The number of nitrogens with zero attached hydrogens (tertiary/aromatic N) is 3. The van der Waals surface area contributed by atoms with Crippen LogP contribution in [0, 0.1) is 0 Å². The number of nitrogens with one attached hydrogen (secondary N) is 1. The Morgan fingerprint density at radius 1 is 1.23 bits per heavy atom. The summed E-state index contributed by atoms with van der Waals surface area (Å²) in [6, 6.07) is 9.53. The van der Waals surface area contributed by atoms with Crippen LogP contribution in [0.1, 0.15) is 13.8 Å². The van der Waals surface area contributed by atoms with Crippen molar-refractivity contribution in [2.24, 2.45) is 0 Å². The van der Waals surface area contributed by atoms with Gasteiger partial charge in [-0.15, -0.1) is 0 Å². The Labute approximate surface area is 126 Å². The number of anilines is 1. The highest BCUT2D eigenvalue weighted by Gasteiger charge is 2.35. The van der Waals surface area contributed by atoms with Crippen LogP contribution in [-0.4, -0.2) is 26.3 Å². The molecule has 0 atom stereocenters. The first-order chi connectivity index (χ1) is 10.5. The van der Waals surface area contributed by atoms with Crippen LogP contribution < -0.4 is 10.1 Å². The molecule has 6 nitrogen and oxygen atoms in total. The van der Waals surface area contributed by atoms with Crippen molar-refractivity contribution < 1.29 is 9.53 Å². The van der Waals surface area contributed by atoms with E-state index in [1.807, 2.05) is 30.3 Å². The third-order valence-electron chi connectivity index (χ3n) is 3.76. The van der Waals surface area contributed by atoms with E-state index in [1.54, 1.807) is 30.9 Å². The number of hydrogen-bond donors (Lipinski definition) is 1. The lowest BCUT2D eigenvalue weighted by molar-refractivity contribution is -0.129. The third kappa shape index (κ3) is 1.84. The number of carbonyl (C=O) groups excluding carboxylic acids is 1. The van der Waals surface area contributed by atoms with Crippen LogP contribution in [0.4, 0.5) is 5.69 Å². The fourth-order valence-electron chi connectivity index (χ4n) is 2.53. The minimum absolute atomic E-state index is 0.145. The topological polar surface area (TPSA) is 68.5 Å². The molecule has 0 saturated heterocycles. The van der Waals surface area contributed by atoms with E-state index in [-0.39, 0.29) is 5.91 Å². The number of fused-ring (bicyclic) bond motifs is 2. The molecule has 3 heterocycles. The van der Waals surface area contributed by atoms with Gasteiger partial charge in [-0.25, -0.2) is 0 Å². The van der Waals surface area contributed by atoms with Crippen LogP contribution >= 0.6 is 0 Å². The molecule has 0 bridgehead atoms. The van der Waals surface area contributed by atoms with Gasteiger partial charge in [0.2, 0.25) is 0 Å². The molecule has 0 unspecified atom stereocenters. The van der Waals surface area contributed by atoms with Crippen molar-refractivity contribution in [2.45, 2.75) is 19.4 Å². The van der Waals surface area contributed by atoms with Gasteiger partial charge in [0.1, 0.15) is 5.75 Å². The molecule has 22 heavy (non-hydrogen) atoms. The largest absolute Gasteiger partial charge is 0.476 e. The zero-order valence-corrected chi connectivity index (χ0v) is 12.2. The van der Waals surface area contributed by atoms with Gasteiger partial charge in [-0.2, -0.15) is 14.8 Å². The molecule has 2 aromatic heterocycles. The maximum absolute atomic E-state index is 11.9. The molecule has 4 rings (SSSR count). The highest BCUT2D eigenvalue weighted by atomic mass is 16.5. The molecule has 1 aliphatic heterocycles. The Hall–Kier alpha value is -2.89. The molecular formula is C16H14N4O2. The normalized spacial score (nSPS) is 16.0. The van der Waals surface area contributed by atoms with Crippen LogP contribution in [0.3, 0.4) is 0 Å². The summed E-state index contributed by atoms with van der Waals surface area (Å²) < 4.78 is 7.41. The van der Waals surface area contributed by atoms with E-state index in [0.29, 0.717) is 11.4 Å². The average Bonchev–Trinajstić information content (AvgIpc) is 2.92. The van der Waals surface area contributed by atoms with Crippen molar-refractivity contribution in [1.29, 1.82) is 0 Å². The van der Waals surface area contributed by atoms with Crippen molar-refractivity contribution >= 4 is 17.1 Å². The van der Waals surface area contributed by atoms with Gasteiger partial charge >= 0.3 is 0 Å². The van der Waals surface area contributed by atoms with E-state index in [2.05, 4.69) is 15.5 Å². The van der Waals surface area contributed by atoms with Crippen LogP contribution in [-0.2, 0) is 4.79 Å². The lowest BCUT2D eigenvalue weighted by atomic mass is 10.0. The number of rotatable bonds is 1. The van der Waals surface area contributed by atoms with Crippen molar-refractivity contribution in [2.75, 3.05) is 5.32 Å². The highest BCUT2D eigenvalue weighted by molar-refractivity contribution is 6.00. The van der Waals surface area contributed by atoms with E-state index in [0.717, 1.165) is 16.6 Å². The molecule has 0 saturated carbocycles. The Kier molecular flexibility index (Phi) is 2.51.